The van der Waals surface area contributed by atoms with Crippen LogP contribution >= 0.6 is 8.58 Å². The first-order chi connectivity index (χ1) is 3.91. The summed E-state index contributed by atoms with van der Waals surface area (Å²) in [7, 11) is 1.16. The van der Waals surface area contributed by atoms with Crippen LogP contribution in [0.3, 0.4) is 0 Å². The molecule has 0 aromatic heterocycles. The van der Waals surface area contributed by atoms with Crippen LogP contribution in [-0.2, 0) is 0 Å². The Kier molecular flexibility index (Phi) is 1.64. The van der Waals surface area contributed by atoms with Crippen LogP contribution in [0.25, 0.3) is 0 Å². The molecule has 0 aromatic rings. The molecule has 0 spiro atoms. The predicted octanol–water partition coefficient (Wildman–Crippen LogP) is 3.02. The summed E-state index contributed by atoms with van der Waals surface area (Å²) < 4.78 is 0. The first kappa shape index (κ1) is 7.54. The lowest BCUT2D eigenvalue weighted by molar-refractivity contribution is 0.591. The van der Waals surface area contributed by atoms with Crippen molar-refractivity contribution in [3.05, 3.63) is 0 Å². The van der Waals surface area contributed by atoms with Crippen LogP contribution in [0.2, 0.25) is 0 Å². The topological polar surface area (TPSA) is 0 Å². The van der Waals surface area contributed by atoms with Crippen molar-refractivity contribution in [2.75, 3.05) is 0 Å². The second kappa shape index (κ2) is 1.95. The van der Waals surface area contributed by atoms with Crippen molar-refractivity contribution in [1.29, 1.82) is 0 Å². The zero-order valence-electron chi connectivity index (χ0n) is 6.91. The van der Waals surface area contributed by atoms with Crippen molar-refractivity contribution in [2.45, 2.75) is 50.8 Å². The zero-order valence-corrected chi connectivity index (χ0v) is 7.91. The maximum absolute atomic E-state index is 2.39. The molecule has 1 aliphatic rings. The first-order valence-electron chi connectivity index (χ1n) is 3.71. The Morgan fingerprint density at radius 2 is 1.22 bits per heavy atom. The summed E-state index contributed by atoms with van der Waals surface area (Å²) in [4.78, 5) is 0. The molecule has 0 nitrogen and oxygen atoms in total. The number of hydrogen-bond donors (Lipinski definition) is 0. The third-order valence-corrected chi connectivity index (χ3v) is 3.91. The molecule has 0 bridgehead atoms. The highest BCUT2D eigenvalue weighted by Crippen LogP contribution is 2.54. The molecule has 54 valence electrons. The van der Waals surface area contributed by atoms with Gasteiger partial charge in [-0.2, -0.15) is 0 Å². The van der Waals surface area contributed by atoms with E-state index >= 15 is 0 Å². The molecule has 0 amide bonds. The summed E-state index contributed by atoms with van der Waals surface area (Å²) in [6.07, 6.45) is 2.86. The quantitative estimate of drug-likeness (QED) is 0.458. The third-order valence-electron chi connectivity index (χ3n) is 2.05. The van der Waals surface area contributed by atoms with E-state index in [0.717, 1.165) is 8.58 Å². The maximum atomic E-state index is 2.39. The second-order valence-electron chi connectivity index (χ2n) is 4.39. The Morgan fingerprint density at radius 1 is 0.889 bits per heavy atom. The fourth-order valence-corrected chi connectivity index (χ4v) is 4.00. The van der Waals surface area contributed by atoms with E-state index in [0.29, 0.717) is 10.3 Å². The standard InChI is InChI=1S/C8H17P/c1-7(2)5-6-8(3,4)9-7/h9H,5-6H2,1-4H3. The fourth-order valence-electron chi connectivity index (χ4n) is 1.67. The van der Waals surface area contributed by atoms with Gasteiger partial charge in [0, 0.05) is 0 Å². The maximum Gasteiger partial charge on any atom is -0.0173 e. The van der Waals surface area contributed by atoms with Gasteiger partial charge in [0.25, 0.3) is 0 Å². The average molecular weight is 144 g/mol. The Hall–Kier alpha value is 0.430. The van der Waals surface area contributed by atoms with Gasteiger partial charge in [0.15, 0.2) is 0 Å². The summed E-state index contributed by atoms with van der Waals surface area (Å²) in [5, 5.41) is 1.31. The summed E-state index contributed by atoms with van der Waals surface area (Å²) in [5.41, 5.74) is 0. The third kappa shape index (κ3) is 1.93. The molecule has 0 aromatic carbocycles. The summed E-state index contributed by atoms with van der Waals surface area (Å²) in [6.45, 7) is 9.56. The minimum atomic E-state index is 0.656. The molecule has 0 unspecified atom stereocenters. The molecule has 1 fully saturated rings. The lowest BCUT2D eigenvalue weighted by Crippen LogP contribution is -2.09. The molecule has 1 saturated heterocycles. The van der Waals surface area contributed by atoms with E-state index in [2.05, 4.69) is 27.7 Å². The monoisotopic (exact) mass is 144 g/mol. The van der Waals surface area contributed by atoms with Gasteiger partial charge in [0.05, 0.1) is 0 Å². The largest absolute Gasteiger partial charge is 0.110 e. The SMILES string of the molecule is CC1(C)CCC(C)(C)P1. The summed E-state index contributed by atoms with van der Waals surface area (Å²) in [5.74, 6) is 0. The lowest BCUT2D eigenvalue weighted by Gasteiger charge is -2.21. The van der Waals surface area contributed by atoms with Gasteiger partial charge < -0.3 is 0 Å². The minimum Gasteiger partial charge on any atom is -0.110 e. The number of hydrogen-bond acceptors (Lipinski definition) is 0. The van der Waals surface area contributed by atoms with Crippen molar-refractivity contribution < 1.29 is 0 Å². The van der Waals surface area contributed by atoms with Crippen LogP contribution in [-0.4, -0.2) is 10.3 Å². The Balaban J connectivity index is 2.58. The summed E-state index contributed by atoms with van der Waals surface area (Å²) >= 11 is 0. The molecule has 9 heavy (non-hydrogen) atoms. The van der Waals surface area contributed by atoms with Gasteiger partial charge in [-0.3, -0.25) is 0 Å². The van der Waals surface area contributed by atoms with Crippen LogP contribution in [0.5, 0.6) is 0 Å². The molecule has 0 saturated carbocycles. The highest BCUT2D eigenvalue weighted by molar-refractivity contribution is 7.42. The molecular weight excluding hydrogens is 127 g/mol. The van der Waals surface area contributed by atoms with Crippen molar-refractivity contribution in [3.8, 4) is 0 Å². The van der Waals surface area contributed by atoms with Crippen LogP contribution < -0.4 is 0 Å². The fraction of sp³-hybridized carbons (Fsp3) is 1.00. The van der Waals surface area contributed by atoms with E-state index in [4.69, 9.17) is 0 Å². The normalized spacial score (nSPS) is 30.7. The predicted molar refractivity (Wildman–Crippen MR) is 45.7 cm³/mol. The van der Waals surface area contributed by atoms with E-state index in [9.17, 15) is 0 Å². The Labute approximate surface area is 60.2 Å². The molecule has 1 aliphatic heterocycles. The van der Waals surface area contributed by atoms with Crippen molar-refractivity contribution in [2.24, 2.45) is 0 Å². The zero-order chi connectivity index (χ0) is 7.12. The van der Waals surface area contributed by atoms with E-state index in [1.165, 1.54) is 12.8 Å². The van der Waals surface area contributed by atoms with Gasteiger partial charge in [-0.15, -0.1) is 8.58 Å². The molecule has 1 heteroatoms. The molecule has 0 aliphatic carbocycles. The van der Waals surface area contributed by atoms with E-state index in [1.54, 1.807) is 0 Å². The van der Waals surface area contributed by atoms with E-state index in [1.807, 2.05) is 0 Å². The van der Waals surface area contributed by atoms with Gasteiger partial charge in [-0.1, -0.05) is 27.7 Å². The van der Waals surface area contributed by atoms with Crippen molar-refractivity contribution >= 4 is 8.58 Å². The second-order valence-corrected chi connectivity index (χ2v) is 7.35. The minimum absolute atomic E-state index is 0.656. The van der Waals surface area contributed by atoms with Crippen LogP contribution in [0.15, 0.2) is 0 Å². The highest BCUT2D eigenvalue weighted by Gasteiger charge is 2.35. The van der Waals surface area contributed by atoms with Gasteiger partial charge >= 0.3 is 0 Å². The first-order valence-corrected chi connectivity index (χ1v) is 4.71. The molecule has 0 N–H and O–H groups in total. The van der Waals surface area contributed by atoms with Crippen molar-refractivity contribution in [3.63, 3.8) is 0 Å². The van der Waals surface area contributed by atoms with Crippen molar-refractivity contribution in [1.82, 2.24) is 0 Å². The molecule has 0 radical (unpaired) electrons. The van der Waals surface area contributed by atoms with Gasteiger partial charge in [0.1, 0.15) is 0 Å². The smallest absolute Gasteiger partial charge is 0.0173 e. The van der Waals surface area contributed by atoms with Gasteiger partial charge in [0.2, 0.25) is 0 Å². The van der Waals surface area contributed by atoms with Crippen LogP contribution in [0.4, 0.5) is 0 Å². The molecular formula is C8H17P. The van der Waals surface area contributed by atoms with E-state index in [-0.39, 0.29) is 0 Å². The molecule has 0 atom stereocenters. The Bertz CT molecular complexity index is 99.7. The Morgan fingerprint density at radius 3 is 1.33 bits per heavy atom. The van der Waals surface area contributed by atoms with E-state index < -0.39 is 0 Å². The van der Waals surface area contributed by atoms with Gasteiger partial charge in [-0.05, 0) is 23.2 Å². The van der Waals surface area contributed by atoms with Crippen LogP contribution in [0, 0.1) is 0 Å². The van der Waals surface area contributed by atoms with Crippen LogP contribution in [0.1, 0.15) is 40.5 Å². The number of rotatable bonds is 0. The highest BCUT2D eigenvalue weighted by atomic mass is 31.1. The lowest BCUT2D eigenvalue weighted by atomic mass is 10.0. The molecule has 1 heterocycles. The molecule has 1 rings (SSSR count). The van der Waals surface area contributed by atoms with Gasteiger partial charge in [-0.25, -0.2) is 0 Å². The average Bonchev–Trinajstić information content (AvgIpc) is 1.78. The summed E-state index contributed by atoms with van der Waals surface area (Å²) in [6, 6.07) is 0.